The van der Waals surface area contributed by atoms with E-state index in [1.165, 1.54) is 11.1 Å². The number of aromatic amines is 1. The lowest BCUT2D eigenvalue weighted by Gasteiger charge is -2.35. The maximum Gasteiger partial charge on any atom is 0.227 e. The molecular formula is C19H26N2O3. The zero-order valence-corrected chi connectivity index (χ0v) is 14.6. The van der Waals surface area contributed by atoms with Crippen molar-refractivity contribution in [1.29, 1.82) is 0 Å². The number of carbonyl (C=O) groups is 1. The number of benzene rings is 1. The van der Waals surface area contributed by atoms with Crippen LogP contribution in [0.5, 0.6) is 0 Å². The number of H-pyrrole nitrogens is 1. The summed E-state index contributed by atoms with van der Waals surface area (Å²) in [6, 6.07) is 4.19. The van der Waals surface area contributed by atoms with E-state index >= 15 is 0 Å². The summed E-state index contributed by atoms with van der Waals surface area (Å²) < 4.78 is 0. The average molecular weight is 330 g/mol. The van der Waals surface area contributed by atoms with E-state index in [0.717, 1.165) is 22.2 Å². The van der Waals surface area contributed by atoms with Crippen molar-refractivity contribution >= 4 is 16.8 Å². The lowest BCUT2D eigenvalue weighted by atomic mass is 9.94. The highest BCUT2D eigenvalue weighted by Gasteiger charge is 2.30. The molecule has 0 unspecified atom stereocenters. The largest absolute Gasteiger partial charge is 0.396 e. The molecule has 1 aliphatic rings. The van der Waals surface area contributed by atoms with Crippen molar-refractivity contribution in [2.75, 3.05) is 19.7 Å². The van der Waals surface area contributed by atoms with E-state index in [9.17, 15) is 15.0 Å². The molecule has 0 aliphatic carbocycles. The Hall–Kier alpha value is -1.85. The lowest BCUT2D eigenvalue weighted by molar-refractivity contribution is -0.135. The molecule has 0 spiro atoms. The number of aromatic nitrogens is 1. The van der Waals surface area contributed by atoms with Crippen molar-refractivity contribution in [1.82, 2.24) is 9.88 Å². The first-order chi connectivity index (χ1) is 11.4. The predicted octanol–water partition coefficient (Wildman–Crippen LogP) is 1.84. The number of hydrogen-bond donors (Lipinski definition) is 3. The molecule has 1 fully saturated rings. The second-order valence-electron chi connectivity index (χ2n) is 6.99. The Morgan fingerprint density at radius 1 is 1.29 bits per heavy atom. The third-order valence-corrected chi connectivity index (χ3v) is 5.33. The van der Waals surface area contributed by atoms with Gasteiger partial charge in [0.15, 0.2) is 0 Å². The number of aryl methyl sites for hydroxylation is 3. The van der Waals surface area contributed by atoms with Gasteiger partial charge in [0.2, 0.25) is 5.91 Å². The molecule has 3 N–H and O–H groups in total. The van der Waals surface area contributed by atoms with Crippen LogP contribution in [0.1, 0.15) is 28.8 Å². The van der Waals surface area contributed by atoms with Crippen LogP contribution >= 0.6 is 0 Å². The Kier molecular flexibility index (Phi) is 4.65. The summed E-state index contributed by atoms with van der Waals surface area (Å²) in [5.41, 5.74) is 5.53. The molecule has 5 heteroatoms. The van der Waals surface area contributed by atoms with Crippen LogP contribution < -0.4 is 0 Å². The summed E-state index contributed by atoms with van der Waals surface area (Å²) in [6.07, 6.45) is 0.349. The summed E-state index contributed by atoms with van der Waals surface area (Å²) in [6.45, 7) is 7.03. The van der Waals surface area contributed by atoms with Gasteiger partial charge in [-0.1, -0.05) is 12.1 Å². The van der Waals surface area contributed by atoms with Crippen molar-refractivity contribution in [3.05, 3.63) is 34.5 Å². The average Bonchev–Trinajstić information content (AvgIpc) is 2.89. The smallest absolute Gasteiger partial charge is 0.227 e. The van der Waals surface area contributed by atoms with Crippen molar-refractivity contribution in [2.24, 2.45) is 5.92 Å². The van der Waals surface area contributed by atoms with Crippen LogP contribution in [0.4, 0.5) is 0 Å². The molecule has 0 radical (unpaired) electrons. The maximum absolute atomic E-state index is 12.7. The Morgan fingerprint density at radius 3 is 2.67 bits per heavy atom. The molecule has 2 aromatic rings. The molecule has 1 amide bonds. The number of hydrogen-bond acceptors (Lipinski definition) is 3. The maximum atomic E-state index is 12.7. The fourth-order valence-electron chi connectivity index (χ4n) is 3.72. The number of fused-ring (bicyclic) bond motifs is 1. The van der Waals surface area contributed by atoms with Crippen LogP contribution in [0.15, 0.2) is 12.1 Å². The SMILES string of the molecule is Cc1[nH]c2c(C)ccc(C)c2c1CC(=O)N1CC[C@H](CO)[C@H](O)C1. The highest BCUT2D eigenvalue weighted by Crippen LogP contribution is 2.29. The van der Waals surface area contributed by atoms with Gasteiger partial charge in [0.25, 0.3) is 0 Å². The zero-order chi connectivity index (χ0) is 17.4. The summed E-state index contributed by atoms with van der Waals surface area (Å²) >= 11 is 0. The Bertz CT molecular complexity index is 766. The van der Waals surface area contributed by atoms with Crippen molar-refractivity contribution in [3.63, 3.8) is 0 Å². The van der Waals surface area contributed by atoms with E-state index in [-0.39, 0.29) is 18.4 Å². The number of aliphatic hydroxyl groups is 2. The van der Waals surface area contributed by atoms with Crippen LogP contribution in [0.25, 0.3) is 10.9 Å². The van der Waals surface area contributed by atoms with Gasteiger partial charge in [-0.15, -0.1) is 0 Å². The van der Waals surface area contributed by atoms with Gasteiger partial charge < -0.3 is 20.1 Å². The van der Waals surface area contributed by atoms with Gasteiger partial charge in [0, 0.05) is 42.2 Å². The minimum Gasteiger partial charge on any atom is -0.396 e. The number of nitrogens with zero attached hydrogens (tertiary/aromatic N) is 1. The number of carbonyl (C=O) groups excluding carboxylic acids is 1. The second-order valence-corrected chi connectivity index (χ2v) is 6.99. The molecule has 2 atom stereocenters. The molecule has 3 rings (SSSR count). The van der Waals surface area contributed by atoms with Gasteiger partial charge in [-0.3, -0.25) is 4.79 Å². The first kappa shape index (κ1) is 17.0. The van der Waals surface area contributed by atoms with Gasteiger partial charge in [0.1, 0.15) is 0 Å². The summed E-state index contributed by atoms with van der Waals surface area (Å²) in [7, 11) is 0. The normalized spacial score (nSPS) is 21.5. The van der Waals surface area contributed by atoms with Crippen LogP contribution in [-0.2, 0) is 11.2 Å². The number of rotatable bonds is 3. The number of nitrogens with one attached hydrogen (secondary N) is 1. The second kappa shape index (κ2) is 6.57. The molecule has 1 saturated heterocycles. The number of β-amino-alcohol motifs (C(OH)–C–C–N with tert-alkyl or cyclic N) is 1. The Morgan fingerprint density at radius 2 is 2.00 bits per heavy atom. The Labute approximate surface area is 142 Å². The molecule has 1 aliphatic heterocycles. The van der Waals surface area contributed by atoms with Gasteiger partial charge >= 0.3 is 0 Å². The van der Waals surface area contributed by atoms with E-state index in [1.54, 1.807) is 4.90 Å². The van der Waals surface area contributed by atoms with E-state index in [1.807, 2.05) is 6.92 Å². The van der Waals surface area contributed by atoms with E-state index < -0.39 is 6.10 Å². The van der Waals surface area contributed by atoms with Crippen LogP contribution in [-0.4, -0.2) is 51.8 Å². The first-order valence-electron chi connectivity index (χ1n) is 8.56. The van der Waals surface area contributed by atoms with E-state index in [0.29, 0.717) is 25.9 Å². The molecular weight excluding hydrogens is 304 g/mol. The number of amides is 1. The van der Waals surface area contributed by atoms with Crippen LogP contribution in [0.2, 0.25) is 0 Å². The van der Waals surface area contributed by atoms with Gasteiger partial charge in [0.05, 0.1) is 12.5 Å². The van der Waals surface area contributed by atoms with E-state index in [2.05, 4.69) is 31.0 Å². The van der Waals surface area contributed by atoms with E-state index in [4.69, 9.17) is 0 Å². The van der Waals surface area contributed by atoms with Gasteiger partial charge in [-0.25, -0.2) is 0 Å². The first-order valence-corrected chi connectivity index (χ1v) is 8.56. The number of aliphatic hydroxyl groups excluding tert-OH is 2. The summed E-state index contributed by atoms with van der Waals surface area (Å²) in [5, 5.41) is 20.4. The monoisotopic (exact) mass is 330 g/mol. The molecule has 0 saturated carbocycles. The van der Waals surface area contributed by atoms with Crippen molar-refractivity contribution < 1.29 is 15.0 Å². The van der Waals surface area contributed by atoms with Crippen LogP contribution in [0, 0.1) is 26.7 Å². The molecule has 2 heterocycles. The predicted molar refractivity (Wildman–Crippen MR) is 94.0 cm³/mol. The third kappa shape index (κ3) is 2.94. The molecule has 1 aromatic carbocycles. The van der Waals surface area contributed by atoms with Crippen molar-refractivity contribution in [3.8, 4) is 0 Å². The lowest BCUT2D eigenvalue weighted by Crippen LogP contribution is -2.48. The third-order valence-electron chi connectivity index (χ3n) is 5.33. The fraction of sp³-hybridized carbons (Fsp3) is 0.526. The topological polar surface area (TPSA) is 76.6 Å². The minimum absolute atomic E-state index is 0.0246. The summed E-state index contributed by atoms with van der Waals surface area (Å²) in [5.74, 6) is -0.0795. The minimum atomic E-state index is -0.638. The molecule has 0 bridgehead atoms. The fourth-order valence-corrected chi connectivity index (χ4v) is 3.72. The van der Waals surface area contributed by atoms with Gasteiger partial charge in [-0.05, 0) is 43.9 Å². The molecule has 5 nitrogen and oxygen atoms in total. The quantitative estimate of drug-likeness (QED) is 0.804. The highest BCUT2D eigenvalue weighted by molar-refractivity contribution is 5.93. The van der Waals surface area contributed by atoms with Gasteiger partial charge in [-0.2, -0.15) is 0 Å². The molecule has 1 aromatic heterocycles. The molecule has 130 valence electrons. The van der Waals surface area contributed by atoms with Crippen molar-refractivity contribution in [2.45, 2.75) is 39.7 Å². The molecule has 24 heavy (non-hydrogen) atoms. The Balaban J connectivity index is 1.84. The standard InChI is InChI=1S/C19H26N2O3/c1-11-4-5-12(2)19-18(11)15(13(3)20-19)8-17(24)21-7-6-14(10-22)16(23)9-21/h4-5,14,16,20,22-23H,6-10H2,1-3H3/t14-,16-/m1/s1. The van der Waals surface area contributed by atoms with Crippen LogP contribution in [0.3, 0.4) is 0 Å². The zero-order valence-electron chi connectivity index (χ0n) is 14.6. The number of piperidine rings is 1. The summed E-state index contributed by atoms with van der Waals surface area (Å²) in [4.78, 5) is 17.9. The highest BCUT2D eigenvalue weighted by atomic mass is 16.3. The number of likely N-dealkylation sites (tertiary alicyclic amines) is 1.